The Kier molecular flexibility index (Phi) is 7.61. The van der Waals surface area contributed by atoms with E-state index < -0.39 is 0 Å². The minimum atomic E-state index is 0.654. The van der Waals surface area contributed by atoms with E-state index >= 15 is 0 Å². The summed E-state index contributed by atoms with van der Waals surface area (Å²) in [6, 6.07) is 13.8. The van der Waals surface area contributed by atoms with Crippen molar-refractivity contribution < 1.29 is 0 Å². The van der Waals surface area contributed by atoms with E-state index in [1.807, 2.05) is 54.4 Å². The normalized spacial score (nSPS) is 18.3. The molecular formula is C25H33N7. The van der Waals surface area contributed by atoms with Gasteiger partial charge in [0.25, 0.3) is 0 Å². The molecule has 0 spiro atoms. The molecule has 4 rings (SSSR count). The standard InChI is InChI=1S/C25H33N7/c1-32(22-12-16-27-24(30-22)21-8-3-2-4-9-21)23-13-17-29-25(31-23)28-15-11-20-7-5-6-19(18-20)10-14-26/h2-4,8-9,12-13,16-17,19-20H,5-7,10-11,14-15,18,26H2,1H3,(H,28,29,31)/t19-,20+/m1/s1. The van der Waals surface area contributed by atoms with E-state index in [4.69, 9.17) is 15.7 Å². The van der Waals surface area contributed by atoms with E-state index in [1.165, 1.54) is 25.7 Å². The molecule has 3 aromatic rings. The average molecular weight is 432 g/mol. The molecule has 7 nitrogen and oxygen atoms in total. The number of benzene rings is 1. The van der Waals surface area contributed by atoms with Gasteiger partial charge in [0.2, 0.25) is 5.95 Å². The minimum Gasteiger partial charge on any atom is -0.354 e. The molecule has 168 valence electrons. The highest BCUT2D eigenvalue weighted by atomic mass is 15.2. The van der Waals surface area contributed by atoms with Crippen LogP contribution in [0.2, 0.25) is 0 Å². The minimum absolute atomic E-state index is 0.654. The maximum Gasteiger partial charge on any atom is 0.224 e. The van der Waals surface area contributed by atoms with E-state index in [0.717, 1.165) is 55.0 Å². The van der Waals surface area contributed by atoms with Crippen LogP contribution in [0, 0.1) is 11.8 Å². The zero-order valence-electron chi connectivity index (χ0n) is 18.8. The Labute approximate surface area is 190 Å². The number of nitrogens with two attached hydrogens (primary N) is 1. The number of aromatic nitrogens is 4. The van der Waals surface area contributed by atoms with Crippen molar-refractivity contribution in [2.75, 3.05) is 30.4 Å². The summed E-state index contributed by atoms with van der Waals surface area (Å²) >= 11 is 0. The molecule has 7 heteroatoms. The summed E-state index contributed by atoms with van der Waals surface area (Å²) in [5.74, 6) is 4.51. The monoisotopic (exact) mass is 431 g/mol. The Bertz CT molecular complexity index is 977. The molecule has 1 aromatic carbocycles. The van der Waals surface area contributed by atoms with Crippen molar-refractivity contribution >= 4 is 17.6 Å². The van der Waals surface area contributed by atoms with Gasteiger partial charge in [0.15, 0.2) is 5.82 Å². The first-order valence-electron chi connectivity index (χ1n) is 11.6. The fourth-order valence-corrected chi connectivity index (χ4v) is 4.55. The first kappa shape index (κ1) is 22.1. The van der Waals surface area contributed by atoms with Crippen LogP contribution in [0.15, 0.2) is 54.9 Å². The molecule has 0 unspecified atom stereocenters. The summed E-state index contributed by atoms with van der Waals surface area (Å²) in [6.07, 6.45) is 11.2. The van der Waals surface area contributed by atoms with Gasteiger partial charge in [0.05, 0.1) is 0 Å². The van der Waals surface area contributed by atoms with Crippen LogP contribution in [0.3, 0.4) is 0 Å². The molecule has 0 radical (unpaired) electrons. The van der Waals surface area contributed by atoms with Crippen LogP contribution >= 0.6 is 0 Å². The number of nitrogens with zero attached hydrogens (tertiary/aromatic N) is 5. The van der Waals surface area contributed by atoms with Gasteiger partial charge in [-0.2, -0.15) is 4.98 Å². The van der Waals surface area contributed by atoms with Gasteiger partial charge < -0.3 is 16.0 Å². The Morgan fingerprint density at radius 3 is 2.44 bits per heavy atom. The van der Waals surface area contributed by atoms with Gasteiger partial charge in [-0.25, -0.2) is 15.0 Å². The van der Waals surface area contributed by atoms with Crippen LogP contribution in [0.4, 0.5) is 17.6 Å². The second kappa shape index (κ2) is 11.0. The zero-order valence-corrected chi connectivity index (χ0v) is 18.8. The highest BCUT2D eigenvalue weighted by Gasteiger charge is 2.21. The highest BCUT2D eigenvalue weighted by Crippen LogP contribution is 2.32. The second-order valence-corrected chi connectivity index (χ2v) is 8.59. The molecule has 2 aromatic heterocycles. The average Bonchev–Trinajstić information content (AvgIpc) is 2.85. The molecular weight excluding hydrogens is 398 g/mol. The molecule has 1 fully saturated rings. The summed E-state index contributed by atoms with van der Waals surface area (Å²) in [5.41, 5.74) is 6.75. The lowest BCUT2D eigenvalue weighted by Gasteiger charge is -2.29. The molecule has 1 saturated carbocycles. The maximum absolute atomic E-state index is 5.76. The van der Waals surface area contributed by atoms with Crippen LogP contribution < -0.4 is 16.0 Å². The van der Waals surface area contributed by atoms with Crippen molar-refractivity contribution in [1.29, 1.82) is 0 Å². The fraction of sp³-hybridized carbons (Fsp3) is 0.440. The lowest BCUT2D eigenvalue weighted by molar-refractivity contribution is 0.250. The van der Waals surface area contributed by atoms with Crippen LogP contribution in [0.5, 0.6) is 0 Å². The van der Waals surface area contributed by atoms with E-state index in [0.29, 0.717) is 11.8 Å². The zero-order chi connectivity index (χ0) is 22.2. The summed E-state index contributed by atoms with van der Waals surface area (Å²) in [6.45, 7) is 1.70. The summed E-state index contributed by atoms with van der Waals surface area (Å²) in [7, 11) is 1.96. The Morgan fingerprint density at radius 2 is 1.66 bits per heavy atom. The van der Waals surface area contributed by atoms with Gasteiger partial charge in [-0.1, -0.05) is 49.6 Å². The first-order chi connectivity index (χ1) is 15.7. The van der Waals surface area contributed by atoms with E-state index in [1.54, 1.807) is 12.4 Å². The van der Waals surface area contributed by atoms with Crippen molar-refractivity contribution in [3.8, 4) is 11.4 Å². The highest BCUT2D eigenvalue weighted by molar-refractivity contribution is 5.61. The molecule has 2 heterocycles. The van der Waals surface area contributed by atoms with Crippen LogP contribution in [-0.2, 0) is 0 Å². The molecule has 0 bridgehead atoms. The number of hydrogen-bond acceptors (Lipinski definition) is 7. The van der Waals surface area contributed by atoms with Crippen molar-refractivity contribution in [2.24, 2.45) is 17.6 Å². The van der Waals surface area contributed by atoms with Crippen molar-refractivity contribution in [1.82, 2.24) is 19.9 Å². The SMILES string of the molecule is CN(c1ccnc(NCC[C@@H]2CCC[C@H](CCN)C2)n1)c1ccnc(-c2ccccc2)n1. The van der Waals surface area contributed by atoms with E-state index in [-0.39, 0.29) is 0 Å². The van der Waals surface area contributed by atoms with E-state index in [2.05, 4.69) is 15.3 Å². The Hall–Kier alpha value is -3.06. The molecule has 0 amide bonds. The molecule has 0 aliphatic heterocycles. The lowest BCUT2D eigenvalue weighted by Crippen LogP contribution is -2.21. The molecule has 1 aliphatic carbocycles. The van der Waals surface area contributed by atoms with Crippen LogP contribution in [0.25, 0.3) is 11.4 Å². The first-order valence-corrected chi connectivity index (χ1v) is 11.6. The van der Waals surface area contributed by atoms with Gasteiger partial charge in [0.1, 0.15) is 11.6 Å². The number of hydrogen-bond donors (Lipinski definition) is 2. The van der Waals surface area contributed by atoms with Gasteiger partial charge in [0, 0.05) is 31.5 Å². The Morgan fingerprint density at radius 1 is 0.938 bits per heavy atom. The summed E-state index contributed by atoms with van der Waals surface area (Å²) in [4.78, 5) is 20.2. The van der Waals surface area contributed by atoms with Crippen molar-refractivity contribution in [3.63, 3.8) is 0 Å². The van der Waals surface area contributed by atoms with Gasteiger partial charge in [-0.3, -0.25) is 0 Å². The topological polar surface area (TPSA) is 92.9 Å². The van der Waals surface area contributed by atoms with Gasteiger partial charge in [-0.15, -0.1) is 0 Å². The Balaban J connectivity index is 1.36. The molecule has 3 N–H and O–H groups in total. The molecule has 1 aliphatic rings. The van der Waals surface area contributed by atoms with Gasteiger partial charge in [-0.05, 0) is 49.8 Å². The molecule has 2 atom stereocenters. The van der Waals surface area contributed by atoms with Gasteiger partial charge >= 0.3 is 0 Å². The number of rotatable bonds is 9. The quantitative estimate of drug-likeness (QED) is 0.509. The predicted octanol–water partition coefficient (Wildman–Crippen LogP) is 4.66. The van der Waals surface area contributed by atoms with Crippen molar-refractivity contribution in [2.45, 2.75) is 38.5 Å². The largest absolute Gasteiger partial charge is 0.354 e. The number of nitrogens with one attached hydrogen (secondary N) is 1. The summed E-state index contributed by atoms with van der Waals surface area (Å²) in [5, 5.41) is 3.42. The third-order valence-electron chi connectivity index (χ3n) is 6.30. The summed E-state index contributed by atoms with van der Waals surface area (Å²) < 4.78 is 0. The van der Waals surface area contributed by atoms with E-state index in [9.17, 15) is 0 Å². The van der Waals surface area contributed by atoms with Crippen LogP contribution in [0.1, 0.15) is 38.5 Å². The second-order valence-electron chi connectivity index (χ2n) is 8.59. The predicted molar refractivity (Wildman–Crippen MR) is 130 cm³/mol. The smallest absolute Gasteiger partial charge is 0.224 e. The van der Waals surface area contributed by atoms with Crippen LogP contribution in [-0.4, -0.2) is 40.1 Å². The third-order valence-corrected chi connectivity index (χ3v) is 6.30. The lowest BCUT2D eigenvalue weighted by atomic mass is 9.78. The molecule has 32 heavy (non-hydrogen) atoms. The van der Waals surface area contributed by atoms with Crippen molar-refractivity contribution in [3.05, 3.63) is 54.9 Å². The maximum atomic E-state index is 5.76. The third kappa shape index (κ3) is 5.79. The fourth-order valence-electron chi connectivity index (χ4n) is 4.55. The molecule has 0 saturated heterocycles. The number of anilines is 3.